The Hall–Kier alpha value is -0.111. The van der Waals surface area contributed by atoms with Gasteiger partial charge in [0.2, 0.25) is 8.03 Å². The minimum Gasteiger partial charge on any atom is -0.378 e. The predicted octanol–water partition coefficient (Wildman–Crippen LogP) is 1.14. The van der Waals surface area contributed by atoms with E-state index in [-0.39, 0.29) is 17.1 Å². The standard InChI is InChI=1S/C7H9O3P.Mn/c8-7(11(9)10)6-4-2-1-3-5-6;/h1-5,7-8,11H,(H,9,10);. The molecule has 3 nitrogen and oxygen atoms in total. The normalized spacial score (nSPS) is 14.5. The molecular formula is C7H9MnO3P. The van der Waals surface area contributed by atoms with Crippen molar-refractivity contribution in [2.45, 2.75) is 5.85 Å². The average Bonchev–Trinajstić information content (AvgIpc) is 2.05. The summed E-state index contributed by atoms with van der Waals surface area (Å²) >= 11 is 0. The predicted molar refractivity (Wildman–Crippen MR) is 42.6 cm³/mol. The molecule has 12 heavy (non-hydrogen) atoms. The molecule has 2 N–H and O–H groups in total. The van der Waals surface area contributed by atoms with E-state index >= 15 is 0 Å². The second-order valence-electron chi connectivity index (χ2n) is 2.15. The second-order valence-corrected chi connectivity index (χ2v) is 3.37. The molecule has 1 aromatic carbocycles. The zero-order valence-electron chi connectivity index (χ0n) is 6.14. The monoisotopic (exact) mass is 227 g/mol. The number of hydrogen-bond donors (Lipinski definition) is 2. The molecule has 0 aliphatic rings. The molecule has 0 bridgehead atoms. The molecule has 0 aromatic heterocycles. The molecule has 0 amide bonds. The molecule has 0 saturated heterocycles. The maximum atomic E-state index is 10.4. The van der Waals surface area contributed by atoms with Crippen LogP contribution in [0.25, 0.3) is 0 Å². The zero-order valence-corrected chi connectivity index (χ0v) is 8.33. The fourth-order valence-corrected chi connectivity index (χ4v) is 1.26. The van der Waals surface area contributed by atoms with Gasteiger partial charge in [-0.2, -0.15) is 0 Å². The van der Waals surface area contributed by atoms with Gasteiger partial charge >= 0.3 is 0 Å². The van der Waals surface area contributed by atoms with E-state index in [0.717, 1.165) is 0 Å². The van der Waals surface area contributed by atoms with Crippen LogP contribution in [0.1, 0.15) is 11.4 Å². The first-order valence-electron chi connectivity index (χ1n) is 3.17. The van der Waals surface area contributed by atoms with E-state index in [0.29, 0.717) is 5.56 Å². The molecular weight excluding hydrogens is 218 g/mol. The molecule has 67 valence electrons. The van der Waals surface area contributed by atoms with Crippen LogP contribution in [0.3, 0.4) is 0 Å². The maximum absolute atomic E-state index is 10.4. The number of hydrogen-bond acceptors (Lipinski definition) is 2. The van der Waals surface area contributed by atoms with Gasteiger partial charge in [0.05, 0.1) is 0 Å². The van der Waals surface area contributed by atoms with Crippen LogP contribution in [0.4, 0.5) is 0 Å². The summed E-state index contributed by atoms with van der Waals surface area (Å²) in [6.07, 6.45) is 0. The molecule has 2 atom stereocenters. The van der Waals surface area contributed by atoms with Gasteiger partial charge in [0, 0.05) is 17.1 Å². The molecule has 0 aliphatic heterocycles. The number of aliphatic hydroxyl groups excluding tert-OH is 1. The Morgan fingerprint density at radius 2 is 1.75 bits per heavy atom. The van der Waals surface area contributed by atoms with Crippen molar-refractivity contribution in [1.29, 1.82) is 0 Å². The van der Waals surface area contributed by atoms with Crippen molar-refractivity contribution >= 4 is 8.03 Å². The van der Waals surface area contributed by atoms with E-state index in [9.17, 15) is 4.57 Å². The number of aliphatic hydroxyl groups is 1. The third-order valence-corrected chi connectivity index (χ3v) is 2.15. The van der Waals surface area contributed by atoms with Crippen molar-refractivity contribution in [2.24, 2.45) is 0 Å². The van der Waals surface area contributed by atoms with Crippen LogP contribution in [0.2, 0.25) is 0 Å². The van der Waals surface area contributed by atoms with Gasteiger partial charge in [-0.25, -0.2) is 0 Å². The number of rotatable bonds is 2. The van der Waals surface area contributed by atoms with E-state index in [1.54, 1.807) is 30.3 Å². The molecule has 1 rings (SSSR count). The molecule has 1 radical (unpaired) electrons. The van der Waals surface area contributed by atoms with Gasteiger partial charge < -0.3 is 10.00 Å². The van der Waals surface area contributed by atoms with Crippen LogP contribution in [0, 0.1) is 0 Å². The van der Waals surface area contributed by atoms with Crippen LogP contribution < -0.4 is 0 Å². The SMILES string of the molecule is O=[PH](O)C(O)c1ccccc1.[Mn]. The van der Waals surface area contributed by atoms with Gasteiger partial charge in [-0.15, -0.1) is 0 Å². The van der Waals surface area contributed by atoms with E-state index in [1.165, 1.54) is 0 Å². The van der Waals surface area contributed by atoms with Gasteiger partial charge in [0.15, 0.2) is 5.85 Å². The Bertz CT molecular complexity index is 252. The summed E-state index contributed by atoms with van der Waals surface area (Å²) in [5, 5.41) is 9.08. The van der Waals surface area contributed by atoms with Crippen LogP contribution in [-0.2, 0) is 21.6 Å². The first kappa shape index (κ1) is 11.9. The summed E-state index contributed by atoms with van der Waals surface area (Å²) in [5.41, 5.74) is 0.485. The van der Waals surface area contributed by atoms with E-state index in [4.69, 9.17) is 10.00 Å². The fraction of sp³-hybridized carbons (Fsp3) is 0.143. The molecule has 0 spiro atoms. The van der Waals surface area contributed by atoms with Crippen molar-refractivity contribution in [3.63, 3.8) is 0 Å². The first-order chi connectivity index (χ1) is 5.22. The third kappa shape index (κ3) is 3.10. The maximum Gasteiger partial charge on any atom is 0.221 e. The fourth-order valence-electron chi connectivity index (χ4n) is 0.778. The van der Waals surface area contributed by atoms with E-state index in [1.807, 2.05) is 0 Å². The summed E-state index contributed by atoms with van der Waals surface area (Å²) in [6.45, 7) is 0. The van der Waals surface area contributed by atoms with E-state index in [2.05, 4.69) is 0 Å². The van der Waals surface area contributed by atoms with Gasteiger partial charge in [0.25, 0.3) is 0 Å². The Morgan fingerprint density at radius 3 is 2.17 bits per heavy atom. The Labute approximate surface area is 81.8 Å². The first-order valence-corrected chi connectivity index (χ1v) is 4.61. The van der Waals surface area contributed by atoms with Crippen LogP contribution in [-0.4, -0.2) is 10.00 Å². The largest absolute Gasteiger partial charge is 0.378 e. The zero-order chi connectivity index (χ0) is 8.27. The third-order valence-electron chi connectivity index (χ3n) is 1.35. The smallest absolute Gasteiger partial charge is 0.221 e. The van der Waals surface area contributed by atoms with Crippen molar-refractivity contribution < 1.29 is 31.6 Å². The summed E-state index contributed by atoms with van der Waals surface area (Å²) in [7, 11) is -2.86. The summed E-state index contributed by atoms with van der Waals surface area (Å²) < 4.78 is 10.4. The summed E-state index contributed by atoms with van der Waals surface area (Å²) in [4.78, 5) is 8.57. The minimum atomic E-state index is -2.86. The van der Waals surface area contributed by atoms with Crippen molar-refractivity contribution in [2.75, 3.05) is 0 Å². The number of benzene rings is 1. The molecule has 0 fully saturated rings. The molecule has 2 unspecified atom stereocenters. The van der Waals surface area contributed by atoms with Gasteiger partial charge in [-0.1, -0.05) is 30.3 Å². The van der Waals surface area contributed by atoms with Gasteiger partial charge in [-0.3, -0.25) is 4.57 Å². The quantitative estimate of drug-likeness (QED) is 0.588. The van der Waals surface area contributed by atoms with Crippen LogP contribution in [0.15, 0.2) is 30.3 Å². The Morgan fingerprint density at radius 1 is 1.25 bits per heavy atom. The van der Waals surface area contributed by atoms with Crippen molar-refractivity contribution in [3.8, 4) is 0 Å². The van der Waals surface area contributed by atoms with Gasteiger partial charge in [0.1, 0.15) is 0 Å². The topological polar surface area (TPSA) is 57.5 Å². The molecule has 0 aliphatic carbocycles. The van der Waals surface area contributed by atoms with E-state index < -0.39 is 13.9 Å². The average molecular weight is 227 g/mol. The second kappa shape index (κ2) is 5.52. The van der Waals surface area contributed by atoms with Crippen molar-refractivity contribution in [1.82, 2.24) is 0 Å². The molecule has 5 heteroatoms. The van der Waals surface area contributed by atoms with Crippen LogP contribution >= 0.6 is 8.03 Å². The Kier molecular flexibility index (Phi) is 5.47. The van der Waals surface area contributed by atoms with Gasteiger partial charge in [-0.05, 0) is 5.56 Å². The molecule has 0 saturated carbocycles. The van der Waals surface area contributed by atoms with Crippen LogP contribution in [0.5, 0.6) is 0 Å². The molecule has 0 heterocycles. The summed E-state index contributed by atoms with van der Waals surface area (Å²) in [6, 6.07) is 8.43. The molecule has 1 aromatic rings. The Balaban J connectivity index is 0.00000121. The summed E-state index contributed by atoms with van der Waals surface area (Å²) in [5.74, 6) is -1.22. The van der Waals surface area contributed by atoms with Crippen molar-refractivity contribution in [3.05, 3.63) is 35.9 Å². The minimum absolute atomic E-state index is 0.